The molecular formula is C13H14N2O4. The highest BCUT2D eigenvalue weighted by Crippen LogP contribution is 2.10. The summed E-state index contributed by atoms with van der Waals surface area (Å²) >= 11 is 0. The van der Waals surface area contributed by atoms with E-state index in [4.69, 9.17) is 5.11 Å². The van der Waals surface area contributed by atoms with Crippen LogP contribution in [0.2, 0.25) is 0 Å². The minimum Gasteiger partial charge on any atom is -0.480 e. The predicted octanol–water partition coefficient (Wildman–Crippen LogP) is 0.658. The first kappa shape index (κ1) is 13.1. The molecule has 0 atom stereocenters. The van der Waals surface area contributed by atoms with E-state index < -0.39 is 23.6 Å². The number of aromatic nitrogens is 2. The first-order valence-electron chi connectivity index (χ1n) is 6.00. The van der Waals surface area contributed by atoms with Gasteiger partial charge in [0, 0.05) is 6.54 Å². The van der Waals surface area contributed by atoms with Crippen LogP contribution in [0.25, 0.3) is 11.0 Å². The van der Waals surface area contributed by atoms with E-state index >= 15 is 0 Å². The van der Waals surface area contributed by atoms with E-state index in [0.29, 0.717) is 24.0 Å². The summed E-state index contributed by atoms with van der Waals surface area (Å²) in [6, 6.07) is 6.82. The fraction of sp³-hybridized carbons (Fsp3) is 0.308. The van der Waals surface area contributed by atoms with Crippen molar-refractivity contribution in [3.05, 3.63) is 45.0 Å². The van der Waals surface area contributed by atoms with Crippen LogP contribution < -0.4 is 11.1 Å². The molecule has 0 unspecified atom stereocenters. The summed E-state index contributed by atoms with van der Waals surface area (Å²) in [5, 5.41) is 8.85. The molecule has 0 aliphatic heterocycles. The summed E-state index contributed by atoms with van der Waals surface area (Å²) in [5.41, 5.74) is -0.436. The second-order valence-electron chi connectivity index (χ2n) is 4.23. The van der Waals surface area contributed by atoms with Crippen molar-refractivity contribution in [1.29, 1.82) is 0 Å². The van der Waals surface area contributed by atoms with Crippen molar-refractivity contribution >= 4 is 17.0 Å². The Bertz CT molecular complexity index is 742. The Morgan fingerprint density at radius 3 is 2.16 bits per heavy atom. The van der Waals surface area contributed by atoms with E-state index in [9.17, 15) is 14.4 Å². The molecule has 0 fully saturated rings. The van der Waals surface area contributed by atoms with Crippen molar-refractivity contribution in [2.45, 2.75) is 26.4 Å². The van der Waals surface area contributed by atoms with Crippen LogP contribution in [-0.2, 0) is 17.9 Å². The van der Waals surface area contributed by atoms with E-state index in [0.717, 1.165) is 4.57 Å². The smallest absolute Gasteiger partial charge is 0.323 e. The number of carboxylic acid groups (broad SMARTS) is 1. The van der Waals surface area contributed by atoms with E-state index in [1.807, 2.05) is 6.92 Å². The third-order valence-electron chi connectivity index (χ3n) is 2.88. The molecular weight excluding hydrogens is 248 g/mol. The Hall–Kier alpha value is -2.37. The largest absolute Gasteiger partial charge is 0.480 e. The van der Waals surface area contributed by atoms with Crippen molar-refractivity contribution in [2.75, 3.05) is 0 Å². The van der Waals surface area contributed by atoms with Gasteiger partial charge in [-0.3, -0.25) is 19.0 Å². The first-order valence-corrected chi connectivity index (χ1v) is 6.00. The molecule has 2 rings (SSSR count). The lowest BCUT2D eigenvalue weighted by molar-refractivity contribution is -0.137. The van der Waals surface area contributed by atoms with Crippen LogP contribution >= 0.6 is 0 Å². The second-order valence-corrected chi connectivity index (χ2v) is 4.23. The van der Waals surface area contributed by atoms with Gasteiger partial charge in [0.2, 0.25) is 0 Å². The lowest BCUT2D eigenvalue weighted by Crippen LogP contribution is -2.42. The molecule has 0 aliphatic carbocycles. The fourth-order valence-electron chi connectivity index (χ4n) is 2.11. The lowest BCUT2D eigenvalue weighted by Gasteiger charge is -2.12. The number of nitrogens with zero attached hydrogens (tertiary/aromatic N) is 2. The van der Waals surface area contributed by atoms with Gasteiger partial charge in [0.1, 0.15) is 6.54 Å². The third-order valence-corrected chi connectivity index (χ3v) is 2.88. The molecule has 0 aliphatic rings. The number of aliphatic carboxylic acids is 1. The van der Waals surface area contributed by atoms with Gasteiger partial charge >= 0.3 is 17.1 Å². The Morgan fingerprint density at radius 2 is 1.63 bits per heavy atom. The van der Waals surface area contributed by atoms with Crippen LogP contribution in [0.4, 0.5) is 0 Å². The van der Waals surface area contributed by atoms with Gasteiger partial charge in [-0.1, -0.05) is 19.1 Å². The Balaban J connectivity index is 2.88. The van der Waals surface area contributed by atoms with Gasteiger partial charge in [0.05, 0.1) is 11.0 Å². The summed E-state index contributed by atoms with van der Waals surface area (Å²) in [6.07, 6.45) is 0.715. The standard InChI is InChI=1S/C13H14N2O4/c1-2-7-14-9-5-3-4-6-10(9)15(8-11(16)17)13(19)12(14)18/h3-6H,2,7-8H2,1H3,(H,16,17). The number of fused-ring (bicyclic) bond motifs is 1. The summed E-state index contributed by atoms with van der Waals surface area (Å²) in [5.74, 6) is -1.15. The van der Waals surface area contributed by atoms with Gasteiger partial charge in [-0.2, -0.15) is 0 Å². The van der Waals surface area contributed by atoms with Gasteiger partial charge in [-0.15, -0.1) is 0 Å². The number of carbonyl (C=O) groups is 1. The molecule has 0 bridgehead atoms. The first-order chi connectivity index (χ1) is 9.06. The van der Waals surface area contributed by atoms with Gasteiger partial charge in [-0.05, 0) is 18.6 Å². The maximum Gasteiger partial charge on any atom is 0.323 e. The van der Waals surface area contributed by atoms with Crippen LogP contribution in [0.5, 0.6) is 0 Å². The number of benzene rings is 1. The highest BCUT2D eigenvalue weighted by Gasteiger charge is 2.13. The maximum absolute atomic E-state index is 12.0. The van der Waals surface area contributed by atoms with Crippen LogP contribution in [0.3, 0.4) is 0 Å². The zero-order chi connectivity index (χ0) is 14.0. The molecule has 1 aromatic carbocycles. The molecule has 0 saturated heterocycles. The number of para-hydroxylation sites is 2. The predicted molar refractivity (Wildman–Crippen MR) is 70.4 cm³/mol. The van der Waals surface area contributed by atoms with E-state index in [1.54, 1.807) is 24.3 Å². The summed E-state index contributed by atoms with van der Waals surface area (Å²) < 4.78 is 2.40. The highest BCUT2D eigenvalue weighted by atomic mass is 16.4. The van der Waals surface area contributed by atoms with E-state index in [-0.39, 0.29) is 0 Å². The Kier molecular flexibility index (Phi) is 3.50. The Labute approximate surface area is 108 Å². The molecule has 0 spiro atoms. The van der Waals surface area contributed by atoms with Gasteiger partial charge < -0.3 is 9.67 Å². The summed E-state index contributed by atoms with van der Waals surface area (Å²) in [7, 11) is 0. The maximum atomic E-state index is 12.0. The monoisotopic (exact) mass is 262 g/mol. The SMILES string of the molecule is CCCn1c(=O)c(=O)n(CC(=O)O)c2ccccc21. The molecule has 2 aromatic rings. The van der Waals surface area contributed by atoms with Crippen molar-refractivity contribution < 1.29 is 9.90 Å². The molecule has 100 valence electrons. The molecule has 0 saturated carbocycles. The Morgan fingerprint density at radius 1 is 1.11 bits per heavy atom. The van der Waals surface area contributed by atoms with Crippen molar-refractivity contribution in [1.82, 2.24) is 9.13 Å². The number of rotatable bonds is 4. The number of aryl methyl sites for hydroxylation is 1. The fourth-order valence-corrected chi connectivity index (χ4v) is 2.11. The number of hydrogen-bond donors (Lipinski definition) is 1. The van der Waals surface area contributed by atoms with Gasteiger partial charge in [-0.25, -0.2) is 0 Å². The summed E-state index contributed by atoms with van der Waals surface area (Å²) in [4.78, 5) is 34.8. The zero-order valence-corrected chi connectivity index (χ0v) is 10.5. The minimum atomic E-state index is -1.15. The zero-order valence-electron chi connectivity index (χ0n) is 10.5. The highest BCUT2D eigenvalue weighted by molar-refractivity contribution is 5.77. The van der Waals surface area contributed by atoms with Crippen LogP contribution in [-0.4, -0.2) is 20.2 Å². The summed E-state index contributed by atoms with van der Waals surface area (Å²) in [6.45, 7) is 1.83. The van der Waals surface area contributed by atoms with Crippen molar-refractivity contribution in [3.8, 4) is 0 Å². The molecule has 0 radical (unpaired) electrons. The molecule has 6 heteroatoms. The molecule has 1 N–H and O–H groups in total. The van der Waals surface area contributed by atoms with E-state index in [1.165, 1.54) is 4.57 Å². The normalized spacial score (nSPS) is 10.8. The van der Waals surface area contributed by atoms with Crippen molar-refractivity contribution in [2.24, 2.45) is 0 Å². The second kappa shape index (κ2) is 5.09. The molecule has 0 amide bonds. The minimum absolute atomic E-state index is 0.433. The molecule has 19 heavy (non-hydrogen) atoms. The molecule has 1 heterocycles. The number of hydrogen-bond acceptors (Lipinski definition) is 3. The quantitative estimate of drug-likeness (QED) is 0.820. The number of carboxylic acids is 1. The topological polar surface area (TPSA) is 81.3 Å². The molecule has 1 aromatic heterocycles. The van der Waals surface area contributed by atoms with Crippen LogP contribution in [0.15, 0.2) is 33.9 Å². The van der Waals surface area contributed by atoms with Crippen LogP contribution in [0, 0.1) is 0 Å². The van der Waals surface area contributed by atoms with Gasteiger partial charge in [0.15, 0.2) is 0 Å². The van der Waals surface area contributed by atoms with Crippen LogP contribution in [0.1, 0.15) is 13.3 Å². The van der Waals surface area contributed by atoms with Crippen molar-refractivity contribution in [3.63, 3.8) is 0 Å². The lowest BCUT2D eigenvalue weighted by atomic mass is 10.2. The molecule has 6 nitrogen and oxygen atoms in total. The average Bonchev–Trinajstić information content (AvgIpc) is 2.39. The van der Waals surface area contributed by atoms with Gasteiger partial charge in [0.25, 0.3) is 0 Å². The average molecular weight is 262 g/mol. The van der Waals surface area contributed by atoms with E-state index in [2.05, 4.69) is 0 Å². The third kappa shape index (κ3) is 2.29.